The minimum Gasteiger partial charge on any atom is -0.466 e. The van der Waals surface area contributed by atoms with E-state index in [0.29, 0.717) is 24.7 Å². The number of halogens is 1. The highest BCUT2D eigenvalue weighted by molar-refractivity contribution is 6.30. The van der Waals surface area contributed by atoms with Crippen LogP contribution in [0, 0.1) is 0 Å². The van der Waals surface area contributed by atoms with E-state index < -0.39 is 0 Å². The molecule has 5 nitrogen and oxygen atoms in total. The summed E-state index contributed by atoms with van der Waals surface area (Å²) in [5.41, 5.74) is 2.99. The summed E-state index contributed by atoms with van der Waals surface area (Å²) in [6.07, 6.45) is 3.72. The lowest BCUT2D eigenvalue weighted by Gasteiger charge is -2.35. The van der Waals surface area contributed by atoms with Gasteiger partial charge in [0.1, 0.15) is 0 Å². The Bertz CT molecular complexity index is 855. The number of piperazine rings is 1. The lowest BCUT2D eigenvalue weighted by molar-refractivity contribution is -0.142. The van der Waals surface area contributed by atoms with E-state index >= 15 is 0 Å². The molecule has 3 rings (SSSR count). The molecule has 1 aliphatic heterocycles. The Morgan fingerprint density at radius 3 is 2.28 bits per heavy atom. The van der Waals surface area contributed by atoms with E-state index in [0.717, 1.165) is 29.9 Å². The molecule has 0 unspecified atom stereocenters. The molecule has 0 aliphatic carbocycles. The summed E-state index contributed by atoms with van der Waals surface area (Å²) in [7, 11) is 0. The van der Waals surface area contributed by atoms with Crippen LogP contribution in [0.1, 0.15) is 18.1 Å². The van der Waals surface area contributed by atoms with Crippen LogP contribution in [0.3, 0.4) is 0 Å². The molecule has 2 aromatic carbocycles. The van der Waals surface area contributed by atoms with Crippen LogP contribution in [-0.2, 0) is 20.7 Å². The smallest absolute Gasteiger partial charge is 0.310 e. The molecule has 1 aliphatic rings. The number of nitrogens with zero attached hydrogens (tertiary/aromatic N) is 2. The molecular weight excluding hydrogens is 388 g/mol. The minimum absolute atomic E-state index is 0.0179. The van der Waals surface area contributed by atoms with Crippen LogP contribution in [0.5, 0.6) is 0 Å². The molecule has 2 aromatic rings. The Kier molecular flexibility index (Phi) is 7.30. The van der Waals surface area contributed by atoms with Gasteiger partial charge in [0.05, 0.1) is 13.0 Å². The first kappa shape index (κ1) is 20.9. The number of rotatable bonds is 6. The van der Waals surface area contributed by atoms with Crippen LogP contribution in [0.4, 0.5) is 5.69 Å². The zero-order valence-electron chi connectivity index (χ0n) is 16.5. The van der Waals surface area contributed by atoms with Gasteiger partial charge in [0, 0.05) is 43.0 Å². The van der Waals surface area contributed by atoms with Crippen LogP contribution >= 0.6 is 11.6 Å². The van der Waals surface area contributed by atoms with Gasteiger partial charge in [-0.25, -0.2) is 0 Å². The lowest BCUT2D eigenvalue weighted by atomic mass is 10.1. The molecule has 0 N–H and O–H groups in total. The first-order chi connectivity index (χ1) is 14.0. The fraction of sp³-hybridized carbons (Fsp3) is 0.304. The van der Waals surface area contributed by atoms with Gasteiger partial charge in [-0.1, -0.05) is 35.9 Å². The number of hydrogen-bond acceptors (Lipinski definition) is 4. The zero-order valence-corrected chi connectivity index (χ0v) is 17.3. The lowest BCUT2D eigenvalue weighted by Crippen LogP contribution is -2.48. The van der Waals surface area contributed by atoms with Crippen molar-refractivity contribution in [2.24, 2.45) is 0 Å². The van der Waals surface area contributed by atoms with Gasteiger partial charge in [0.2, 0.25) is 5.91 Å². The average molecular weight is 413 g/mol. The predicted octanol–water partition coefficient (Wildman–Crippen LogP) is 3.81. The van der Waals surface area contributed by atoms with E-state index in [4.69, 9.17) is 16.3 Å². The Labute approximate surface area is 176 Å². The predicted molar refractivity (Wildman–Crippen MR) is 116 cm³/mol. The summed E-state index contributed by atoms with van der Waals surface area (Å²) < 4.78 is 4.98. The molecule has 0 radical (unpaired) electrons. The summed E-state index contributed by atoms with van der Waals surface area (Å²) in [6, 6.07) is 15.3. The third kappa shape index (κ3) is 6.09. The van der Waals surface area contributed by atoms with Gasteiger partial charge in [-0.3, -0.25) is 9.59 Å². The van der Waals surface area contributed by atoms with E-state index in [9.17, 15) is 9.59 Å². The first-order valence-electron chi connectivity index (χ1n) is 9.77. The molecule has 1 saturated heterocycles. The number of hydrogen-bond donors (Lipinski definition) is 0. The summed E-state index contributed by atoms with van der Waals surface area (Å²) in [5.74, 6) is -0.191. The van der Waals surface area contributed by atoms with Crippen LogP contribution in [-0.4, -0.2) is 49.6 Å². The topological polar surface area (TPSA) is 49.9 Å². The third-order valence-electron chi connectivity index (χ3n) is 4.83. The molecule has 0 spiro atoms. The highest BCUT2D eigenvalue weighted by Crippen LogP contribution is 2.18. The van der Waals surface area contributed by atoms with Gasteiger partial charge >= 0.3 is 5.97 Å². The monoisotopic (exact) mass is 412 g/mol. The van der Waals surface area contributed by atoms with Gasteiger partial charge in [0.15, 0.2) is 0 Å². The van der Waals surface area contributed by atoms with Gasteiger partial charge in [0.25, 0.3) is 0 Å². The van der Waals surface area contributed by atoms with Crippen molar-refractivity contribution in [1.82, 2.24) is 4.90 Å². The molecule has 1 heterocycles. The van der Waals surface area contributed by atoms with E-state index in [1.54, 1.807) is 13.0 Å². The second-order valence-electron chi connectivity index (χ2n) is 6.85. The minimum atomic E-state index is -0.209. The van der Waals surface area contributed by atoms with Crippen LogP contribution in [0.25, 0.3) is 6.08 Å². The highest BCUT2D eigenvalue weighted by Gasteiger charge is 2.20. The maximum absolute atomic E-state index is 12.4. The Morgan fingerprint density at radius 2 is 1.66 bits per heavy atom. The van der Waals surface area contributed by atoms with Crippen LogP contribution < -0.4 is 4.90 Å². The van der Waals surface area contributed by atoms with Crippen molar-refractivity contribution in [2.45, 2.75) is 13.3 Å². The number of carbonyl (C=O) groups excluding carboxylic acids is 2. The Balaban J connectivity index is 1.50. The molecular formula is C23H25ClN2O3. The Morgan fingerprint density at radius 1 is 1.00 bits per heavy atom. The van der Waals surface area contributed by atoms with Gasteiger partial charge in [-0.05, 0) is 48.4 Å². The fourth-order valence-electron chi connectivity index (χ4n) is 3.24. The number of esters is 1. The van der Waals surface area contributed by atoms with E-state index in [-0.39, 0.29) is 18.3 Å². The first-order valence-corrected chi connectivity index (χ1v) is 10.1. The number of amides is 1. The molecule has 1 fully saturated rings. The van der Waals surface area contributed by atoms with Crippen molar-refractivity contribution >= 4 is 35.2 Å². The number of ether oxygens (including phenoxy) is 1. The molecule has 0 atom stereocenters. The largest absolute Gasteiger partial charge is 0.466 e. The van der Waals surface area contributed by atoms with Gasteiger partial charge in [-0.2, -0.15) is 0 Å². The molecule has 0 saturated carbocycles. The standard InChI is InChI=1S/C23H25ClN2O3/c1-2-29-23(28)17-19-5-10-21(11-6-19)25-13-15-26(16-14-25)22(27)12-7-18-3-8-20(24)9-4-18/h3-12H,2,13-17H2,1H3. The SMILES string of the molecule is CCOC(=O)Cc1ccc(N2CCN(C(=O)C=Cc3ccc(Cl)cc3)CC2)cc1. The normalized spacial score (nSPS) is 14.3. The number of benzene rings is 2. The summed E-state index contributed by atoms with van der Waals surface area (Å²) in [4.78, 5) is 28.1. The van der Waals surface area contributed by atoms with Crippen molar-refractivity contribution in [3.63, 3.8) is 0 Å². The van der Waals surface area contributed by atoms with Crippen LogP contribution in [0.15, 0.2) is 54.6 Å². The molecule has 1 amide bonds. The Hall–Kier alpha value is -2.79. The maximum Gasteiger partial charge on any atom is 0.310 e. The fourth-order valence-corrected chi connectivity index (χ4v) is 3.36. The maximum atomic E-state index is 12.4. The van der Waals surface area contributed by atoms with Crippen molar-refractivity contribution in [3.05, 3.63) is 70.8 Å². The molecule has 29 heavy (non-hydrogen) atoms. The van der Waals surface area contributed by atoms with E-state index in [2.05, 4.69) is 4.90 Å². The second-order valence-corrected chi connectivity index (χ2v) is 7.28. The van der Waals surface area contributed by atoms with E-state index in [1.165, 1.54) is 0 Å². The summed E-state index contributed by atoms with van der Waals surface area (Å²) in [6.45, 7) is 5.10. The molecule has 152 valence electrons. The van der Waals surface area contributed by atoms with Crippen molar-refractivity contribution < 1.29 is 14.3 Å². The van der Waals surface area contributed by atoms with Gasteiger partial charge < -0.3 is 14.5 Å². The third-order valence-corrected chi connectivity index (χ3v) is 5.09. The molecule has 0 aromatic heterocycles. The second kappa shape index (κ2) is 10.1. The highest BCUT2D eigenvalue weighted by atomic mass is 35.5. The van der Waals surface area contributed by atoms with Crippen LogP contribution in [0.2, 0.25) is 5.02 Å². The van der Waals surface area contributed by atoms with Crippen molar-refractivity contribution in [2.75, 3.05) is 37.7 Å². The summed E-state index contributed by atoms with van der Waals surface area (Å²) >= 11 is 5.88. The van der Waals surface area contributed by atoms with Crippen molar-refractivity contribution in [1.29, 1.82) is 0 Å². The molecule has 0 bridgehead atoms. The number of carbonyl (C=O) groups is 2. The molecule has 6 heteroatoms. The van der Waals surface area contributed by atoms with E-state index in [1.807, 2.05) is 59.5 Å². The van der Waals surface area contributed by atoms with Crippen molar-refractivity contribution in [3.8, 4) is 0 Å². The zero-order chi connectivity index (χ0) is 20.6. The van der Waals surface area contributed by atoms with Gasteiger partial charge in [-0.15, -0.1) is 0 Å². The number of anilines is 1. The quantitative estimate of drug-likeness (QED) is 0.534. The average Bonchev–Trinajstić information content (AvgIpc) is 2.74. The summed E-state index contributed by atoms with van der Waals surface area (Å²) in [5, 5.41) is 0.679.